The number of carboxylic acids is 1. The molecule has 5 aliphatic rings. The average molecular weight is 471 g/mol. The Balaban J connectivity index is 1.62. The van der Waals surface area contributed by atoms with Crippen molar-refractivity contribution in [3.05, 3.63) is 11.6 Å². The minimum atomic E-state index is -0.711. The highest BCUT2D eigenvalue weighted by atomic mass is 16.4. The first-order valence-electron chi connectivity index (χ1n) is 13.7. The van der Waals surface area contributed by atoms with E-state index in [0.717, 1.165) is 51.4 Å². The van der Waals surface area contributed by atoms with Crippen molar-refractivity contribution in [2.75, 3.05) is 0 Å². The fourth-order valence-electron chi connectivity index (χ4n) is 10.4. The summed E-state index contributed by atoms with van der Waals surface area (Å²) in [5.41, 5.74) is 0.142. The number of aliphatic hydroxyl groups excluding tert-OH is 1. The number of aliphatic hydroxyl groups is 1. The Morgan fingerprint density at radius 1 is 0.912 bits per heavy atom. The van der Waals surface area contributed by atoms with E-state index in [4.69, 9.17) is 0 Å². The lowest BCUT2D eigenvalue weighted by Crippen LogP contribution is -2.66. The molecule has 34 heavy (non-hydrogen) atoms. The predicted molar refractivity (Wildman–Crippen MR) is 133 cm³/mol. The van der Waals surface area contributed by atoms with Crippen LogP contribution in [0.1, 0.15) is 106 Å². The molecule has 0 bridgehead atoms. The largest absolute Gasteiger partial charge is 0.481 e. The Bertz CT molecular complexity index is 965. The van der Waals surface area contributed by atoms with Crippen LogP contribution in [0.3, 0.4) is 0 Å². The van der Waals surface area contributed by atoms with Crippen LogP contribution in [0.2, 0.25) is 0 Å². The maximum Gasteiger partial charge on any atom is 0.309 e. The van der Waals surface area contributed by atoms with Crippen molar-refractivity contribution in [2.24, 2.45) is 50.2 Å². The van der Waals surface area contributed by atoms with Crippen LogP contribution in [0.4, 0.5) is 0 Å². The topological polar surface area (TPSA) is 74.6 Å². The number of hydrogen-bond acceptors (Lipinski definition) is 3. The third-order valence-electron chi connectivity index (χ3n) is 13.1. The molecule has 4 nitrogen and oxygen atoms in total. The van der Waals surface area contributed by atoms with Crippen molar-refractivity contribution < 1.29 is 19.8 Å². The maximum atomic E-state index is 14.2. The molecule has 9 atom stereocenters. The number of carbonyl (C=O) groups is 2. The zero-order valence-electron chi connectivity index (χ0n) is 22.5. The molecule has 0 aromatic heterocycles. The Labute approximate surface area is 206 Å². The second kappa shape index (κ2) is 6.99. The van der Waals surface area contributed by atoms with Gasteiger partial charge in [-0.25, -0.2) is 0 Å². The van der Waals surface area contributed by atoms with Gasteiger partial charge in [0.15, 0.2) is 5.78 Å². The van der Waals surface area contributed by atoms with Crippen LogP contribution in [-0.2, 0) is 9.59 Å². The highest BCUT2D eigenvalue weighted by molar-refractivity contribution is 5.95. The normalized spacial score (nSPS) is 54.1. The van der Waals surface area contributed by atoms with Crippen LogP contribution >= 0.6 is 0 Å². The maximum absolute atomic E-state index is 14.2. The molecule has 0 spiro atoms. The number of aliphatic carboxylic acids is 1. The zero-order valence-corrected chi connectivity index (χ0v) is 22.5. The molecule has 0 aromatic carbocycles. The van der Waals surface area contributed by atoms with Gasteiger partial charge in [0.1, 0.15) is 0 Å². The van der Waals surface area contributed by atoms with Crippen LogP contribution in [0.25, 0.3) is 0 Å². The molecule has 0 amide bonds. The summed E-state index contributed by atoms with van der Waals surface area (Å²) in [6, 6.07) is 0. The summed E-state index contributed by atoms with van der Waals surface area (Å²) in [7, 11) is 0. The van der Waals surface area contributed by atoms with E-state index in [1.165, 1.54) is 5.57 Å². The Morgan fingerprint density at radius 2 is 1.56 bits per heavy atom. The lowest BCUT2D eigenvalue weighted by Gasteiger charge is -2.70. The first-order valence-corrected chi connectivity index (χ1v) is 13.7. The second-order valence-corrected chi connectivity index (χ2v) is 14.9. The number of allylic oxidation sites excluding steroid dienone is 2. The third kappa shape index (κ3) is 2.81. The van der Waals surface area contributed by atoms with E-state index in [1.54, 1.807) is 0 Å². The number of ketones is 1. The Morgan fingerprint density at radius 3 is 2.21 bits per heavy atom. The van der Waals surface area contributed by atoms with Gasteiger partial charge < -0.3 is 10.2 Å². The average Bonchev–Trinajstić information content (AvgIpc) is 2.73. The molecule has 5 aliphatic carbocycles. The van der Waals surface area contributed by atoms with E-state index in [9.17, 15) is 19.8 Å². The van der Waals surface area contributed by atoms with Gasteiger partial charge in [-0.15, -0.1) is 0 Å². The highest BCUT2D eigenvalue weighted by Crippen LogP contribution is 2.75. The van der Waals surface area contributed by atoms with E-state index in [1.807, 2.05) is 13.0 Å². The Kier molecular flexibility index (Phi) is 5.04. The van der Waals surface area contributed by atoms with Gasteiger partial charge in [-0.3, -0.25) is 9.59 Å². The van der Waals surface area contributed by atoms with Crippen molar-refractivity contribution in [3.63, 3.8) is 0 Å². The summed E-state index contributed by atoms with van der Waals surface area (Å²) in [6.07, 6.45) is 9.95. The molecule has 4 fully saturated rings. The van der Waals surface area contributed by atoms with Crippen LogP contribution in [0.15, 0.2) is 11.6 Å². The number of hydrogen-bond donors (Lipinski definition) is 2. The van der Waals surface area contributed by atoms with Gasteiger partial charge in [-0.2, -0.15) is 0 Å². The Hall–Kier alpha value is -1.16. The standard InChI is InChI=1S/C30H46O4/c1-25(2)21-8-11-30(7)23(28(21,5)10-9-22(25)32)20(31)16-18-19-17-27(4,24(33)34)13-12-26(19,3)14-15-29(18,30)6/h16,19,21-23,32H,8-15,17H2,1-7H3,(H,33,34)/t19-,21+,22+,23+,26-,27+,28+,29+,30-/m0/s1. The molecule has 0 heterocycles. The van der Waals surface area contributed by atoms with Gasteiger partial charge >= 0.3 is 5.97 Å². The van der Waals surface area contributed by atoms with Gasteiger partial charge in [0.05, 0.1) is 11.5 Å². The SMILES string of the molecule is CC1(C)[C@H](O)CC[C@]2(C)[C@@H]1CC[C@@]1(C)[C@@H]2C(=O)C=C2[C@@H]3C[C@](C)(C(=O)O)CC[C@@]3(C)CC[C@]21C. The third-order valence-corrected chi connectivity index (χ3v) is 13.1. The van der Waals surface area contributed by atoms with E-state index >= 15 is 0 Å². The van der Waals surface area contributed by atoms with E-state index < -0.39 is 11.4 Å². The zero-order chi connectivity index (χ0) is 25.1. The van der Waals surface area contributed by atoms with Crippen molar-refractivity contribution in [2.45, 2.75) is 112 Å². The second-order valence-electron chi connectivity index (χ2n) is 14.9. The number of carbonyl (C=O) groups excluding carboxylic acids is 1. The summed E-state index contributed by atoms with van der Waals surface area (Å²) in [6.45, 7) is 15.8. The highest BCUT2D eigenvalue weighted by Gasteiger charge is 2.70. The smallest absolute Gasteiger partial charge is 0.309 e. The molecule has 4 saturated carbocycles. The van der Waals surface area contributed by atoms with Gasteiger partial charge in [0.2, 0.25) is 0 Å². The van der Waals surface area contributed by atoms with Crippen molar-refractivity contribution in [1.29, 1.82) is 0 Å². The summed E-state index contributed by atoms with van der Waals surface area (Å²) in [5.74, 6) is 0.0603. The van der Waals surface area contributed by atoms with Crippen LogP contribution in [0.5, 0.6) is 0 Å². The first-order chi connectivity index (χ1) is 15.6. The fraction of sp³-hybridized carbons (Fsp3) is 0.867. The number of fused-ring (bicyclic) bond motifs is 7. The van der Waals surface area contributed by atoms with Crippen molar-refractivity contribution >= 4 is 11.8 Å². The minimum absolute atomic E-state index is 0.0296. The first kappa shape index (κ1) is 24.5. The van der Waals surface area contributed by atoms with E-state index in [0.29, 0.717) is 12.3 Å². The van der Waals surface area contributed by atoms with Crippen LogP contribution in [-0.4, -0.2) is 28.1 Å². The molecule has 190 valence electrons. The number of rotatable bonds is 1. The molecule has 4 heteroatoms. The van der Waals surface area contributed by atoms with Crippen LogP contribution in [0, 0.1) is 50.2 Å². The number of carboxylic acid groups (broad SMARTS) is 1. The lowest BCUT2D eigenvalue weighted by atomic mass is 9.33. The molecular weight excluding hydrogens is 424 g/mol. The summed E-state index contributed by atoms with van der Waals surface area (Å²) in [5, 5.41) is 20.9. The lowest BCUT2D eigenvalue weighted by molar-refractivity contribution is -0.202. The summed E-state index contributed by atoms with van der Waals surface area (Å²) < 4.78 is 0. The fourth-order valence-corrected chi connectivity index (χ4v) is 10.4. The van der Waals surface area contributed by atoms with E-state index in [2.05, 4.69) is 41.5 Å². The van der Waals surface area contributed by atoms with Crippen molar-refractivity contribution in [1.82, 2.24) is 0 Å². The molecule has 0 unspecified atom stereocenters. The molecule has 0 aromatic rings. The molecule has 2 N–H and O–H groups in total. The quantitative estimate of drug-likeness (QED) is 0.464. The van der Waals surface area contributed by atoms with Crippen LogP contribution < -0.4 is 0 Å². The summed E-state index contributed by atoms with van der Waals surface area (Å²) in [4.78, 5) is 26.4. The molecule has 5 rings (SSSR count). The molecule has 0 radical (unpaired) electrons. The van der Waals surface area contributed by atoms with Gasteiger partial charge in [0.25, 0.3) is 0 Å². The monoisotopic (exact) mass is 470 g/mol. The van der Waals surface area contributed by atoms with E-state index in [-0.39, 0.29) is 50.8 Å². The predicted octanol–water partition coefficient (Wildman–Crippen LogP) is 6.41. The van der Waals surface area contributed by atoms with Gasteiger partial charge in [-0.05, 0) is 110 Å². The molecule has 0 saturated heterocycles. The van der Waals surface area contributed by atoms with Gasteiger partial charge in [0, 0.05) is 5.92 Å². The van der Waals surface area contributed by atoms with Crippen molar-refractivity contribution in [3.8, 4) is 0 Å². The minimum Gasteiger partial charge on any atom is -0.481 e. The summed E-state index contributed by atoms with van der Waals surface area (Å²) >= 11 is 0. The van der Waals surface area contributed by atoms with Gasteiger partial charge in [-0.1, -0.05) is 47.1 Å². The molecule has 0 aliphatic heterocycles. The molecular formula is C30H46O4.